The van der Waals surface area contributed by atoms with Gasteiger partial charge in [0.25, 0.3) is 0 Å². The Hall–Kier alpha value is -3.58. The van der Waals surface area contributed by atoms with Gasteiger partial charge >= 0.3 is 0 Å². The SMILES string of the molecule is CS(=O)(=O)Nc1ccc(/C=C/C(=O)Nc2ccc(Oc3ccccc3)cc2)cc1. The average molecular weight is 408 g/mol. The van der Waals surface area contributed by atoms with E-state index in [0.717, 1.165) is 17.6 Å². The van der Waals surface area contributed by atoms with E-state index < -0.39 is 10.0 Å². The normalized spacial score (nSPS) is 11.2. The molecule has 0 saturated carbocycles. The maximum absolute atomic E-state index is 12.1. The number of carbonyl (C=O) groups excluding carboxylic acids is 1. The summed E-state index contributed by atoms with van der Waals surface area (Å²) in [6, 6.07) is 23.2. The van der Waals surface area contributed by atoms with Crippen LogP contribution in [0.1, 0.15) is 5.56 Å². The van der Waals surface area contributed by atoms with Crippen molar-refractivity contribution in [3.05, 3.63) is 90.5 Å². The third-order valence-electron chi connectivity index (χ3n) is 3.74. The monoisotopic (exact) mass is 408 g/mol. The molecule has 0 aliphatic heterocycles. The summed E-state index contributed by atoms with van der Waals surface area (Å²) in [5.74, 6) is 1.14. The molecule has 7 heteroatoms. The molecule has 0 fully saturated rings. The number of hydrogen-bond acceptors (Lipinski definition) is 4. The first-order valence-corrected chi connectivity index (χ1v) is 10.7. The summed E-state index contributed by atoms with van der Waals surface area (Å²) in [5.41, 5.74) is 1.88. The van der Waals surface area contributed by atoms with Gasteiger partial charge in [0.1, 0.15) is 11.5 Å². The molecule has 6 nitrogen and oxygen atoms in total. The summed E-state index contributed by atoms with van der Waals surface area (Å²) in [4.78, 5) is 12.1. The Morgan fingerprint density at radius 2 is 1.41 bits per heavy atom. The second-order valence-electron chi connectivity index (χ2n) is 6.26. The molecule has 29 heavy (non-hydrogen) atoms. The van der Waals surface area contributed by atoms with Gasteiger partial charge in [0.15, 0.2) is 0 Å². The fourth-order valence-corrected chi connectivity index (χ4v) is 3.03. The lowest BCUT2D eigenvalue weighted by molar-refractivity contribution is -0.111. The zero-order valence-electron chi connectivity index (χ0n) is 15.7. The molecule has 0 aliphatic rings. The minimum atomic E-state index is -3.31. The van der Waals surface area contributed by atoms with E-state index in [1.807, 2.05) is 30.3 Å². The van der Waals surface area contributed by atoms with Crippen molar-refractivity contribution >= 4 is 33.4 Å². The van der Waals surface area contributed by atoms with Gasteiger partial charge in [-0.1, -0.05) is 30.3 Å². The van der Waals surface area contributed by atoms with E-state index in [-0.39, 0.29) is 5.91 Å². The lowest BCUT2D eigenvalue weighted by atomic mass is 10.2. The molecule has 148 valence electrons. The van der Waals surface area contributed by atoms with Gasteiger partial charge in [-0.15, -0.1) is 0 Å². The molecule has 0 saturated heterocycles. The van der Waals surface area contributed by atoms with Gasteiger partial charge in [0.05, 0.1) is 6.26 Å². The van der Waals surface area contributed by atoms with Crippen LogP contribution < -0.4 is 14.8 Å². The number of anilines is 2. The predicted octanol–water partition coefficient (Wildman–Crippen LogP) is 4.50. The van der Waals surface area contributed by atoms with E-state index in [9.17, 15) is 13.2 Å². The molecule has 0 radical (unpaired) electrons. The molecule has 0 spiro atoms. The molecule has 0 aromatic heterocycles. The molecular weight excluding hydrogens is 388 g/mol. The van der Waals surface area contributed by atoms with Crippen LogP contribution in [0.3, 0.4) is 0 Å². The molecule has 0 heterocycles. The number of rotatable bonds is 7. The second kappa shape index (κ2) is 9.07. The van der Waals surface area contributed by atoms with Gasteiger partial charge in [-0.25, -0.2) is 8.42 Å². The molecule has 0 atom stereocenters. The highest BCUT2D eigenvalue weighted by Crippen LogP contribution is 2.22. The molecule has 2 N–H and O–H groups in total. The van der Waals surface area contributed by atoms with Crippen molar-refractivity contribution in [3.63, 3.8) is 0 Å². The van der Waals surface area contributed by atoms with E-state index in [0.29, 0.717) is 17.1 Å². The highest BCUT2D eigenvalue weighted by Gasteiger charge is 2.02. The molecule has 0 unspecified atom stereocenters. The first kappa shape index (κ1) is 20.2. The third kappa shape index (κ3) is 6.82. The van der Waals surface area contributed by atoms with Crippen LogP contribution in [0.4, 0.5) is 11.4 Å². The maximum Gasteiger partial charge on any atom is 0.248 e. The van der Waals surface area contributed by atoms with Crippen molar-refractivity contribution in [1.29, 1.82) is 0 Å². The molecule has 1 amide bonds. The lowest BCUT2D eigenvalue weighted by Gasteiger charge is -2.07. The molecule has 3 aromatic carbocycles. The van der Waals surface area contributed by atoms with E-state index in [1.165, 1.54) is 6.08 Å². The predicted molar refractivity (Wildman–Crippen MR) is 116 cm³/mol. The Morgan fingerprint density at radius 3 is 2.03 bits per heavy atom. The van der Waals surface area contributed by atoms with Crippen LogP contribution in [0.25, 0.3) is 6.08 Å². The summed E-state index contributed by atoms with van der Waals surface area (Å²) in [6.07, 6.45) is 4.14. The summed E-state index contributed by atoms with van der Waals surface area (Å²) >= 11 is 0. The van der Waals surface area contributed by atoms with Gasteiger partial charge < -0.3 is 10.1 Å². The minimum Gasteiger partial charge on any atom is -0.457 e. The number of para-hydroxylation sites is 1. The van der Waals surface area contributed by atoms with Gasteiger partial charge in [-0.05, 0) is 60.2 Å². The number of nitrogens with one attached hydrogen (secondary N) is 2. The Kier molecular flexibility index (Phi) is 6.31. The van der Waals surface area contributed by atoms with Crippen molar-refractivity contribution in [2.24, 2.45) is 0 Å². The standard InChI is InChI=1S/C22H20N2O4S/c1-29(26,27)24-19-10-7-17(8-11-19)9-16-22(25)23-18-12-14-21(15-13-18)28-20-5-3-2-4-6-20/h2-16,24H,1H3,(H,23,25)/b16-9+. The largest absolute Gasteiger partial charge is 0.457 e. The van der Waals surface area contributed by atoms with Crippen LogP contribution in [0.5, 0.6) is 11.5 Å². The van der Waals surface area contributed by atoms with Crippen LogP contribution in [-0.4, -0.2) is 20.6 Å². The summed E-state index contributed by atoms with van der Waals surface area (Å²) in [5, 5.41) is 2.77. The first-order valence-electron chi connectivity index (χ1n) is 8.77. The van der Waals surface area contributed by atoms with Crippen molar-refractivity contribution in [2.75, 3.05) is 16.3 Å². The fourth-order valence-electron chi connectivity index (χ4n) is 2.46. The first-order chi connectivity index (χ1) is 13.9. The van der Waals surface area contributed by atoms with Gasteiger partial charge in [0.2, 0.25) is 15.9 Å². The number of amides is 1. The number of sulfonamides is 1. The van der Waals surface area contributed by atoms with E-state index in [1.54, 1.807) is 54.6 Å². The lowest BCUT2D eigenvalue weighted by Crippen LogP contribution is -2.09. The van der Waals surface area contributed by atoms with Gasteiger partial charge in [-0.3, -0.25) is 9.52 Å². The Balaban J connectivity index is 1.54. The van der Waals surface area contributed by atoms with Crippen molar-refractivity contribution in [2.45, 2.75) is 0 Å². The Morgan fingerprint density at radius 1 is 0.828 bits per heavy atom. The van der Waals surface area contributed by atoms with Crippen molar-refractivity contribution in [3.8, 4) is 11.5 Å². The van der Waals surface area contributed by atoms with Crippen LogP contribution in [0.15, 0.2) is 84.9 Å². The summed E-state index contributed by atoms with van der Waals surface area (Å²) in [6.45, 7) is 0. The van der Waals surface area contributed by atoms with Crippen molar-refractivity contribution < 1.29 is 17.9 Å². The molecule has 0 aliphatic carbocycles. The fraction of sp³-hybridized carbons (Fsp3) is 0.0455. The number of carbonyl (C=O) groups is 1. The summed E-state index contributed by atoms with van der Waals surface area (Å²) < 4.78 is 30.5. The number of ether oxygens (including phenoxy) is 1. The van der Waals surface area contributed by atoms with Crippen LogP contribution in [-0.2, 0) is 14.8 Å². The number of hydrogen-bond donors (Lipinski definition) is 2. The molecular formula is C22H20N2O4S. The number of benzene rings is 3. The van der Waals surface area contributed by atoms with E-state index >= 15 is 0 Å². The Bertz CT molecular complexity index is 1090. The van der Waals surface area contributed by atoms with Crippen LogP contribution >= 0.6 is 0 Å². The van der Waals surface area contributed by atoms with Crippen LogP contribution in [0.2, 0.25) is 0 Å². The smallest absolute Gasteiger partial charge is 0.248 e. The topological polar surface area (TPSA) is 84.5 Å². The highest BCUT2D eigenvalue weighted by molar-refractivity contribution is 7.92. The van der Waals surface area contributed by atoms with Gasteiger partial charge in [0, 0.05) is 17.5 Å². The van der Waals surface area contributed by atoms with E-state index in [2.05, 4.69) is 10.0 Å². The summed E-state index contributed by atoms with van der Waals surface area (Å²) in [7, 11) is -3.31. The quantitative estimate of drug-likeness (QED) is 0.564. The average Bonchev–Trinajstić information content (AvgIpc) is 2.69. The van der Waals surface area contributed by atoms with Crippen LogP contribution in [0, 0.1) is 0 Å². The zero-order chi connectivity index (χ0) is 20.7. The maximum atomic E-state index is 12.1. The molecule has 3 rings (SSSR count). The zero-order valence-corrected chi connectivity index (χ0v) is 16.5. The minimum absolute atomic E-state index is 0.278. The Labute approximate surface area is 169 Å². The van der Waals surface area contributed by atoms with Gasteiger partial charge in [-0.2, -0.15) is 0 Å². The molecule has 0 bridgehead atoms. The van der Waals surface area contributed by atoms with Crippen molar-refractivity contribution in [1.82, 2.24) is 0 Å². The molecule has 3 aromatic rings. The van der Waals surface area contributed by atoms with E-state index in [4.69, 9.17) is 4.74 Å². The second-order valence-corrected chi connectivity index (χ2v) is 8.01. The third-order valence-corrected chi connectivity index (χ3v) is 4.35. The highest BCUT2D eigenvalue weighted by atomic mass is 32.2.